The first-order chi connectivity index (χ1) is 8.12. The summed E-state index contributed by atoms with van der Waals surface area (Å²) >= 11 is 0. The highest BCUT2D eigenvalue weighted by Gasteiger charge is 2.18. The fraction of sp³-hybridized carbons (Fsp3) is 0.143. The van der Waals surface area contributed by atoms with Crippen molar-refractivity contribution in [3.63, 3.8) is 0 Å². The van der Waals surface area contributed by atoms with Crippen LogP contribution in [0.15, 0.2) is 29.2 Å². The van der Waals surface area contributed by atoms with E-state index in [0.717, 1.165) is 24.3 Å². The minimum atomic E-state index is -4.49. The Morgan fingerprint density at radius 3 is 2.06 bits per heavy atom. The van der Waals surface area contributed by atoms with Gasteiger partial charge in [0.1, 0.15) is 5.88 Å². The van der Waals surface area contributed by atoms with Gasteiger partial charge in [0.2, 0.25) is 10.0 Å². The molecule has 9 nitrogen and oxygen atoms in total. The molecule has 0 unspecified atom stereocenters. The van der Waals surface area contributed by atoms with Gasteiger partial charge in [-0.15, -0.1) is 0 Å². The number of non-ortho nitro benzene ring substituents is 1. The first kappa shape index (κ1) is 14.5. The molecule has 2 N–H and O–H groups in total. The van der Waals surface area contributed by atoms with Crippen LogP contribution in [0.2, 0.25) is 0 Å². The Morgan fingerprint density at radius 2 is 1.67 bits per heavy atom. The Labute approximate surface area is 102 Å². The highest BCUT2D eigenvalue weighted by atomic mass is 32.2. The lowest BCUT2D eigenvalue weighted by atomic mass is 10.3. The van der Waals surface area contributed by atoms with Crippen LogP contribution in [0, 0.1) is 10.1 Å². The van der Waals surface area contributed by atoms with Gasteiger partial charge < -0.3 is 0 Å². The Morgan fingerprint density at radius 1 is 1.17 bits per heavy atom. The number of rotatable bonds is 5. The number of hydrogen-bond acceptors (Lipinski definition) is 6. The molecule has 1 aromatic carbocycles. The second-order valence-electron chi connectivity index (χ2n) is 3.13. The number of nitrogens with zero attached hydrogens (tertiary/aromatic N) is 1. The van der Waals surface area contributed by atoms with Crippen LogP contribution in [-0.4, -0.2) is 32.2 Å². The van der Waals surface area contributed by atoms with Crippen LogP contribution in [0.3, 0.4) is 0 Å². The second-order valence-corrected chi connectivity index (χ2v) is 6.34. The summed E-state index contributed by atoms with van der Waals surface area (Å²) < 4.78 is 53.8. The molecule has 0 atom stereocenters. The fourth-order valence-electron chi connectivity index (χ4n) is 0.982. The molecule has 0 aliphatic heterocycles. The third-order valence-electron chi connectivity index (χ3n) is 1.79. The van der Waals surface area contributed by atoms with Crippen molar-refractivity contribution in [2.45, 2.75) is 4.90 Å². The van der Waals surface area contributed by atoms with Crippen LogP contribution in [0.1, 0.15) is 0 Å². The van der Waals surface area contributed by atoms with E-state index in [1.165, 1.54) is 0 Å². The van der Waals surface area contributed by atoms with E-state index < -0.39 is 30.9 Å². The summed E-state index contributed by atoms with van der Waals surface area (Å²) in [5.74, 6) is -1.17. The first-order valence-electron chi connectivity index (χ1n) is 4.31. The lowest BCUT2D eigenvalue weighted by Gasteiger charge is -2.04. The van der Waals surface area contributed by atoms with E-state index in [4.69, 9.17) is 4.55 Å². The molecule has 18 heavy (non-hydrogen) atoms. The molecule has 0 aliphatic carbocycles. The van der Waals surface area contributed by atoms with Gasteiger partial charge in [0.05, 0.1) is 9.82 Å². The van der Waals surface area contributed by atoms with Gasteiger partial charge >= 0.3 is 0 Å². The Bertz CT molecular complexity index is 648. The summed E-state index contributed by atoms with van der Waals surface area (Å²) in [6.07, 6.45) is 0. The average molecular weight is 296 g/mol. The minimum Gasteiger partial charge on any atom is -0.285 e. The van der Waals surface area contributed by atoms with Crippen LogP contribution in [0.25, 0.3) is 0 Å². The highest BCUT2D eigenvalue weighted by molar-refractivity contribution is 7.91. The molecular weight excluding hydrogens is 288 g/mol. The predicted molar refractivity (Wildman–Crippen MR) is 59.8 cm³/mol. The van der Waals surface area contributed by atoms with Crippen molar-refractivity contribution < 1.29 is 26.3 Å². The number of sulfonamides is 1. The molecule has 1 rings (SSSR count). The van der Waals surface area contributed by atoms with Crippen LogP contribution < -0.4 is 4.72 Å². The molecule has 1 aromatic rings. The highest BCUT2D eigenvalue weighted by Crippen LogP contribution is 2.15. The van der Waals surface area contributed by atoms with Crippen molar-refractivity contribution in [2.75, 3.05) is 5.88 Å². The first-order valence-corrected chi connectivity index (χ1v) is 7.40. The number of benzene rings is 1. The van der Waals surface area contributed by atoms with Crippen LogP contribution >= 0.6 is 0 Å². The Balaban J connectivity index is 2.96. The second kappa shape index (κ2) is 4.97. The van der Waals surface area contributed by atoms with E-state index in [9.17, 15) is 26.9 Å². The van der Waals surface area contributed by atoms with E-state index in [-0.39, 0.29) is 10.6 Å². The monoisotopic (exact) mass is 296 g/mol. The Hall–Kier alpha value is -1.56. The Kier molecular flexibility index (Phi) is 4.01. The van der Waals surface area contributed by atoms with Crippen molar-refractivity contribution in [1.29, 1.82) is 0 Å². The van der Waals surface area contributed by atoms with Crippen molar-refractivity contribution in [1.82, 2.24) is 4.72 Å². The molecule has 0 heterocycles. The van der Waals surface area contributed by atoms with Crippen LogP contribution in [0.5, 0.6) is 0 Å². The van der Waals surface area contributed by atoms with Crippen molar-refractivity contribution in [3.05, 3.63) is 34.4 Å². The van der Waals surface area contributed by atoms with Crippen LogP contribution in [0.4, 0.5) is 5.69 Å². The minimum absolute atomic E-state index is 0.302. The van der Waals surface area contributed by atoms with Crippen molar-refractivity contribution in [3.8, 4) is 0 Å². The molecule has 0 aliphatic rings. The molecular formula is C7H8N2O7S2. The molecule has 100 valence electrons. The molecule has 0 bridgehead atoms. The number of nitro groups is 1. The van der Waals surface area contributed by atoms with Gasteiger partial charge in [-0.05, 0) is 12.1 Å². The zero-order valence-electron chi connectivity index (χ0n) is 8.68. The average Bonchev–Trinajstić information content (AvgIpc) is 2.26. The van der Waals surface area contributed by atoms with E-state index >= 15 is 0 Å². The summed E-state index contributed by atoms with van der Waals surface area (Å²) in [7, 11) is -8.63. The zero-order valence-corrected chi connectivity index (χ0v) is 10.3. The van der Waals surface area contributed by atoms with E-state index in [1.807, 2.05) is 0 Å². The summed E-state index contributed by atoms with van der Waals surface area (Å²) in [4.78, 5) is 9.29. The third kappa shape index (κ3) is 4.03. The third-order valence-corrected chi connectivity index (χ3v) is 3.90. The molecule has 0 saturated heterocycles. The molecule has 0 radical (unpaired) electrons. The van der Waals surface area contributed by atoms with E-state index in [2.05, 4.69) is 0 Å². The maximum atomic E-state index is 11.5. The quantitative estimate of drug-likeness (QED) is 0.432. The topological polar surface area (TPSA) is 144 Å². The van der Waals surface area contributed by atoms with Gasteiger partial charge in [-0.3, -0.25) is 14.7 Å². The number of nitro benzene ring substituents is 1. The van der Waals surface area contributed by atoms with Gasteiger partial charge in [0.15, 0.2) is 0 Å². The molecule has 11 heteroatoms. The maximum Gasteiger partial charge on any atom is 0.279 e. The molecule has 0 spiro atoms. The standard InChI is InChI=1S/C7H8N2O7S2/c10-9(11)6-1-3-7(4-2-6)18(15,16)8-5-17(12,13)14/h1-4,8H,5H2,(H,12,13,14). The molecule has 0 saturated carbocycles. The predicted octanol–water partition coefficient (Wildman–Crippen LogP) is -0.282. The zero-order chi connectivity index (χ0) is 14.0. The van der Waals surface area contributed by atoms with E-state index in [1.54, 1.807) is 4.72 Å². The van der Waals surface area contributed by atoms with Gasteiger partial charge in [0, 0.05) is 12.1 Å². The van der Waals surface area contributed by atoms with Gasteiger partial charge in [-0.1, -0.05) is 0 Å². The summed E-state index contributed by atoms with van der Waals surface area (Å²) in [5.41, 5.74) is -0.302. The lowest BCUT2D eigenvalue weighted by molar-refractivity contribution is -0.384. The summed E-state index contributed by atoms with van der Waals surface area (Å²) in [6.45, 7) is 0. The molecule has 0 fully saturated rings. The normalized spacial score (nSPS) is 12.3. The van der Waals surface area contributed by atoms with Crippen LogP contribution in [-0.2, 0) is 20.1 Å². The SMILES string of the molecule is O=[N+]([O-])c1ccc(S(=O)(=O)NCS(=O)(=O)O)cc1. The summed E-state index contributed by atoms with van der Waals surface area (Å²) in [5, 5.41) is 10.3. The van der Waals surface area contributed by atoms with Gasteiger partial charge in [0.25, 0.3) is 15.8 Å². The largest absolute Gasteiger partial charge is 0.285 e. The molecule has 0 aromatic heterocycles. The summed E-state index contributed by atoms with van der Waals surface area (Å²) in [6, 6.07) is 3.82. The maximum absolute atomic E-state index is 11.5. The van der Waals surface area contributed by atoms with Gasteiger partial charge in [-0.25, -0.2) is 8.42 Å². The number of hydrogen-bond donors (Lipinski definition) is 2. The van der Waals surface area contributed by atoms with Crippen molar-refractivity contribution >= 4 is 25.8 Å². The fourth-order valence-corrected chi connectivity index (χ4v) is 2.86. The smallest absolute Gasteiger partial charge is 0.279 e. The lowest BCUT2D eigenvalue weighted by Crippen LogP contribution is -2.29. The number of nitrogens with one attached hydrogen (secondary N) is 1. The van der Waals surface area contributed by atoms with Crippen molar-refractivity contribution in [2.24, 2.45) is 0 Å². The molecule has 0 amide bonds. The van der Waals surface area contributed by atoms with Gasteiger partial charge in [-0.2, -0.15) is 13.1 Å². The van der Waals surface area contributed by atoms with E-state index in [0.29, 0.717) is 0 Å².